The molecule has 0 aromatic heterocycles. The highest BCUT2D eigenvalue weighted by Crippen LogP contribution is 2.42. The van der Waals surface area contributed by atoms with Crippen LogP contribution in [0.4, 0.5) is 0 Å². The molecule has 1 aliphatic rings. The first kappa shape index (κ1) is 32.9. The summed E-state index contributed by atoms with van der Waals surface area (Å²) in [7, 11) is 0. The number of aryl methyl sites for hydroxylation is 3. The highest BCUT2D eigenvalue weighted by Gasteiger charge is 2.45. The predicted molar refractivity (Wildman–Crippen MR) is 182 cm³/mol. The Bertz CT molecular complexity index is 1510. The minimum Gasteiger partial charge on any atom is -0.492 e. The quantitative estimate of drug-likeness (QED) is 0.166. The normalized spacial score (nSPS) is 21.5. The van der Waals surface area contributed by atoms with E-state index in [1.54, 1.807) is 0 Å². The van der Waals surface area contributed by atoms with Crippen LogP contribution in [-0.2, 0) is 33.8 Å². The van der Waals surface area contributed by atoms with Gasteiger partial charge in [0.15, 0.2) is 0 Å². The number of hydrogen-bond donors (Lipinski definition) is 1. The zero-order chi connectivity index (χ0) is 31.8. The van der Waals surface area contributed by atoms with Crippen LogP contribution in [0, 0.1) is 26.7 Å². The summed E-state index contributed by atoms with van der Waals surface area (Å²) in [6, 6.07) is 31.8. The van der Waals surface area contributed by atoms with Crippen molar-refractivity contribution in [2.24, 2.45) is 11.7 Å². The van der Waals surface area contributed by atoms with Crippen LogP contribution in [0.2, 0.25) is 0 Å². The van der Waals surface area contributed by atoms with Crippen molar-refractivity contribution in [1.82, 2.24) is 0 Å². The van der Waals surface area contributed by atoms with Gasteiger partial charge in [-0.3, -0.25) is 0 Å². The SMILES string of the molecule is CC[C@H]1O[C@@H](c2cc(Cc3ccc(OCCN)cc3C)c(C)cc2C)[C@H](OCc2ccccc2)[C@@H](OCc2ccccc2)[C@@H]1C. The predicted octanol–water partition coefficient (Wildman–Crippen LogP) is 8.20. The molecule has 4 aromatic carbocycles. The van der Waals surface area contributed by atoms with E-state index in [1.165, 1.54) is 33.4 Å². The fourth-order valence-corrected chi connectivity index (χ4v) is 6.50. The maximum absolute atomic E-state index is 6.99. The van der Waals surface area contributed by atoms with E-state index in [-0.39, 0.29) is 30.3 Å². The summed E-state index contributed by atoms with van der Waals surface area (Å²) in [5.41, 5.74) is 15.4. The van der Waals surface area contributed by atoms with Gasteiger partial charge in [-0.25, -0.2) is 0 Å². The Labute approximate surface area is 269 Å². The molecule has 0 bridgehead atoms. The molecule has 0 amide bonds. The zero-order valence-electron chi connectivity index (χ0n) is 27.5. The first-order chi connectivity index (χ1) is 21.9. The third-order valence-electron chi connectivity index (χ3n) is 9.13. The largest absolute Gasteiger partial charge is 0.492 e. The summed E-state index contributed by atoms with van der Waals surface area (Å²) in [5, 5.41) is 0. The summed E-state index contributed by atoms with van der Waals surface area (Å²) in [6.45, 7) is 13.0. The number of hydrogen-bond acceptors (Lipinski definition) is 5. The van der Waals surface area contributed by atoms with E-state index in [1.807, 2.05) is 18.2 Å². The van der Waals surface area contributed by atoms with Crippen LogP contribution in [0.3, 0.4) is 0 Å². The molecule has 5 heteroatoms. The molecular weight excluding hydrogens is 558 g/mol. The van der Waals surface area contributed by atoms with Crippen molar-refractivity contribution in [3.63, 3.8) is 0 Å². The van der Waals surface area contributed by atoms with Crippen LogP contribution in [0.15, 0.2) is 91.0 Å². The van der Waals surface area contributed by atoms with Gasteiger partial charge in [0.05, 0.1) is 25.4 Å². The standard InChI is InChI=1S/C40H49NO4/c1-6-37-30(5)38(43-25-31-13-9-7-10-14-31)40(44-26-32-15-11-8-12-16-32)39(45-37)36-24-34(27(2)21-29(36)4)23-33-17-18-35(22-28(33)3)42-20-19-41/h7-18,21-22,24,30,37-40H,6,19-20,23,25-26,41H2,1-5H3/t30-,37-,38+,39+,40-/m1/s1. The average molecular weight is 608 g/mol. The molecule has 45 heavy (non-hydrogen) atoms. The van der Waals surface area contributed by atoms with Crippen molar-refractivity contribution in [1.29, 1.82) is 0 Å². The molecule has 5 atom stereocenters. The van der Waals surface area contributed by atoms with Crippen molar-refractivity contribution in [3.05, 3.63) is 136 Å². The number of nitrogens with two attached hydrogens (primary N) is 1. The molecule has 1 saturated heterocycles. The number of rotatable bonds is 13. The van der Waals surface area contributed by atoms with E-state index in [4.69, 9.17) is 24.7 Å². The topological polar surface area (TPSA) is 62.9 Å². The van der Waals surface area contributed by atoms with Crippen molar-refractivity contribution in [2.45, 2.75) is 85.1 Å². The van der Waals surface area contributed by atoms with Gasteiger partial charge in [0.25, 0.3) is 0 Å². The van der Waals surface area contributed by atoms with Gasteiger partial charge < -0.3 is 24.7 Å². The molecule has 2 N–H and O–H groups in total. The summed E-state index contributed by atoms with van der Waals surface area (Å²) in [6.07, 6.45) is 1.12. The first-order valence-corrected chi connectivity index (χ1v) is 16.4. The molecule has 5 rings (SSSR count). The van der Waals surface area contributed by atoms with Crippen LogP contribution in [0.25, 0.3) is 0 Å². The first-order valence-electron chi connectivity index (χ1n) is 16.4. The van der Waals surface area contributed by atoms with Crippen molar-refractivity contribution < 1.29 is 18.9 Å². The molecule has 5 nitrogen and oxygen atoms in total. The molecule has 1 aliphatic heterocycles. The molecule has 1 fully saturated rings. The maximum atomic E-state index is 6.99. The molecule has 4 aromatic rings. The lowest BCUT2D eigenvalue weighted by molar-refractivity contribution is -0.235. The van der Waals surface area contributed by atoms with E-state index < -0.39 is 0 Å². The summed E-state index contributed by atoms with van der Waals surface area (Å²) < 4.78 is 26.4. The lowest BCUT2D eigenvalue weighted by Gasteiger charge is -2.46. The Morgan fingerprint density at radius 1 is 0.711 bits per heavy atom. The molecule has 0 spiro atoms. The Balaban J connectivity index is 1.48. The number of benzene rings is 4. The van der Waals surface area contributed by atoms with Gasteiger partial charge in [-0.05, 0) is 90.3 Å². The van der Waals surface area contributed by atoms with Gasteiger partial charge in [0.1, 0.15) is 24.6 Å². The zero-order valence-corrected chi connectivity index (χ0v) is 27.5. The number of ether oxygens (including phenoxy) is 4. The lowest BCUT2D eigenvalue weighted by Crippen LogP contribution is -2.52. The van der Waals surface area contributed by atoms with Crippen LogP contribution in [0.5, 0.6) is 5.75 Å². The smallest absolute Gasteiger partial charge is 0.119 e. The Morgan fingerprint density at radius 2 is 1.33 bits per heavy atom. The van der Waals surface area contributed by atoms with Gasteiger partial charge in [-0.15, -0.1) is 0 Å². The summed E-state index contributed by atoms with van der Waals surface area (Å²) in [4.78, 5) is 0. The average Bonchev–Trinajstić information content (AvgIpc) is 3.05. The highest BCUT2D eigenvalue weighted by atomic mass is 16.6. The van der Waals surface area contributed by atoms with Crippen molar-refractivity contribution in [2.75, 3.05) is 13.2 Å². The minimum atomic E-state index is -0.276. The molecular formula is C40H49NO4. The van der Waals surface area contributed by atoms with Crippen molar-refractivity contribution >= 4 is 0 Å². The van der Waals surface area contributed by atoms with Gasteiger partial charge in [-0.1, -0.05) is 92.7 Å². The minimum absolute atomic E-state index is 0.0554. The molecule has 238 valence electrons. The Morgan fingerprint density at radius 3 is 1.93 bits per heavy atom. The summed E-state index contributed by atoms with van der Waals surface area (Å²) in [5.74, 6) is 1.03. The fraction of sp³-hybridized carbons (Fsp3) is 0.400. The second kappa shape index (κ2) is 15.7. The molecule has 0 aliphatic carbocycles. The van der Waals surface area contributed by atoms with Crippen molar-refractivity contribution in [3.8, 4) is 5.75 Å². The van der Waals surface area contributed by atoms with Gasteiger partial charge in [-0.2, -0.15) is 0 Å². The lowest BCUT2D eigenvalue weighted by atomic mass is 9.82. The molecule has 0 saturated carbocycles. The third kappa shape index (κ3) is 8.22. The van der Waals surface area contributed by atoms with Crippen LogP contribution in [0.1, 0.15) is 70.9 Å². The van der Waals surface area contributed by atoms with Gasteiger partial charge >= 0.3 is 0 Å². The van der Waals surface area contributed by atoms with E-state index in [0.717, 1.165) is 29.7 Å². The maximum Gasteiger partial charge on any atom is 0.119 e. The van der Waals surface area contributed by atoms with Gasteiger partial charge in [0.2, 0.25) is 0 Å². The summed E-state index contributed by atoms with van der Waals surface area (Å²) >= 11 is 0. The molecule has 1 heterocycles. The second-order valence-corrected chi connectivity index (χ2v) is 12.4. The van der Waals surface area contributed by atoms with E-state index in [2.05, 4.69) is 107 Å². The monoisotopic (exact) mass is 607 g/mol. The second-order valence-electron chi connectivity index (χ2n) is 12.4. The van der Waals surface area contributed by atoms with Crippen LogP contribution >= 0.6 is 0 Å². The van der Waals surface area contributed by atoms with E-state index in [9.17, 15) is 0 Å². The van der Waals surface area contributed by atoms with E-state index in [0.29, 0.717) is 26.4 Å². The molecule has 0 radical (unpaired) electrons. The Kier molecular flexibility index (Phi) is 11.5. The third-order valence-corrected chi connectivity index (χ3v) is 9.13. The molecule has 0 unspecified atom stereocenters. The van der Waals surface area contributed by atoms with Crippen LogP contribution in [-0.4, -0.2) is 31.5 Å². The van der Waals surface area contributed by atoms with Gasteiger partial charge in [0, 0.05) is 12.5 Å². The fourth-order valence-electron chi connectivity index (χ4n) is 6.50. The Hall–Kier alpha value is -3.48. The highest BCUT2D eigenvalue weighted by molar-refractivity contribution is 5.44. The van der Waals surface area contributed by atoms with E-state index >= 15 is 0 Å². The van der Waals surface area contributed by atoms with Crippen LogP contribution < -0.4 is 10.5 Å².